The molecule has 1 unspecified atom stereocenters. The van der Waals surface area contributed by atoms with Crippen LogP contribution in [0.1, 0.15) is 58.2 Å². The number of alkyl halides is 3. The lowest BCUT2D eigenvalue weighted by Crippen LogP contribution is -2.38. The van der Waals surface area contributed by atoms with Crippen LogP contribution in [-0.2, 0) is 15.6 Å². The van der Waals surface area contributed by atoms with E-state index in [4.69, 9.17) is 4.74 Å². The van der Waals surface area contributed by atoms with Crippen molar-refractivity contribution < 1.29 is 22.7 Å². The first-order valence-corrected chi connectivity index (χ1v) is 9.27. The van der Waals surface area contributed by atoms with Gasteiger partial charge in [-0.25, -0.2) is 0 Å². The quantitative estimate of drug-likeness (QED) is 0.568. The lowest BCUT2D eigenvalue weighted by molar-refractivity contribution is -0.176. The first-order valence-electron chi connectivity index (χ1n) is 9.27. The number of carbonyl (C=O) groups excluding carboxylic acids is 1. The summed E-state index contributed by atoms with van der Waals surface area (Å²) in [7, 11) is 0. The average Bonchev–Trinajstić information content (AvgIpc) is 2.56. The van der Waals surface area contributed by atoms with Crippen LogP contribution >= 0.6 is 0 Å². The Morgan fingerprint density at radius 2 is 1.61 bits per heavy atom. The molecule has 0 saturated carbocycles. The highest BCUT2D eigenvalue weighted by atomic mass is 19.4. The first kappa shape index (κ1) is 20.4. The molecule has 3 rings (SSSR count). The molecule has 0 saturated heterocycles. The van der Waals surface area contributed by atoms with Crippen LogP contribution in [0.4, 0.5) is 13.2 Å². The number of benzene rings is 2. The van der Waals surface area contributed by atoms with Gasteiger partial charge in [0.1, 0.15) is 5.75 Å². The minimum Gasteiger partial charge on any atom is -0.477 e. The second-order valence-corrected chi connectivity index (χ2v) is 9.36. The Bertz CT molecular complexity index is 970. The van der Waals surface area contributed by atoms with Gasteiger partial charge in [0.2, 0.25) is 0 Å². The summed E-state index contributed by atoms with van der Waals surface area (Å²) in [6.07, 6.45) is -3.81. The van der Waals surface area contributed by atoms with Crippen molar-refractivity contribution in [3.63, 3.8) is 0 Å². The summed E-state index contributed by atoms with van der Waals surface area (Å²) in [5, 5.41) is 1.60. The molecule has 150 valence electrons. The van der Waals surface area contributed by atoms with Crippen LogP contribution in [-0.4, -0.2) is 18.1 Å². The topological polar surface area (TPSA) is 26.3 Å². The van der Waals surface area contributed by atoms with Crippen molar-refractivity contribution in [1.82, 2.24) is 0 Å². The van der Waals surface area contributed by atoms with E-state index in [9.17, 15) is 18.0 Å². The lowest BCUT2D eigenvalue weighted by Gasteiger charge is -2.30. The molecule has 2 aromatic carbocycles. The van der Waals surface area contributed by atoms with Crippen molar-refractivity contribution in [3.05, 3.63) is 47.0 Å². The van der Waals surface area contributed by atoms with Gasteiger partial charge in [-0.1, -0.05) is 65.8 Å². The summed E-state index contributed by atoms with van der Waals surface area (Å²) < 4.78 is 44.4. The molecule has 1 atom stereocenters. The number of halogens is 3. The monoisotopic (exact) mass is 390 g/mol. The van der Waals surface area contributed by atoms with E-state index in [0.29, 0.717) is 11.1 Å². The summed E-state index contributed by atoms with van der Waals surface area (Å²) in [4.78, 5) is 11.7. The number of fused-ring (bicyclic) bond motifs is 3. The van der Waals surface area contributed by atoms with Gasteiger partial charge in [-0.2, -0.15) is 13.2 Å². The molecule has 0 N–H and O–H groups in total. The molecule has 0 fully saturated rings. The highest BCUT2D eigenvalue weighted by Gasteiger charge is 2.45. The molecular weight excluding hydrogens is 365 g/mol. The van der Waals surface area contributed by atoms with E-state index < -0.39 is 18.1 Å². The van der Waals surface area contributed by atoms with Crippen LogP contribution in [0.3, 0.4) is 0 Å². The van der Waals surface area contributed by atoms with E-state index in [-0.39, 0.29) is 10.8 Å². The van der Waals surface area contributed by atoms with E-state index in [1.807, 2.05) is 39.0 Å². The SMILES string of the molecule is CC(C)(C)c1ccc2c3c(c(C(C)(C)C)cc2c1)C=CC(C(=O)C(F)(F)F)O3. The molecule has 0 spiro atoms. The normalized spacial score (nSPS) is 17.4. The molecule has 0 aliphatic carbocycles. The number of Topliss-reactive ketones (excluding diaryl/α,β-unsaturated/α-hetero) is 1. The Morgan fingerprint density at radius 3 is 2.14 bits per heavy atom. The van der Waals surface area contributed by atoms with Gasteiger partial charge >= 0.3 is 6.18 Å². The molecule has 0 aromatic heterocycles. The van der Waals surface area contributed by atoms with Crippen LogP contribution in [0.15, 0.2) is 30.3 Å². The molecule has 5 heteroatoms. The zero-order valence-electron chi connectivity index (χ0n) is 17.0. The van der Waals surface area contributed by atoms with E-state index in [1.165, 1.54) is 6.08 Å². The van der Waals surface area contributed by atoms with Crippen molar-refractivity contribution in [2.45, 2.75) is 64.7 Å². The molecule has 0 bridgehead atoms. The largest absolute Gasteiger partial charge is 0.477 e. The number of hydrogen-bond acceptors (Lipinski definition) is 2. The Balaban J connectivity index is 2.25. The number of rotatable bonds is 1. The Kier molecular flexibility index (Phi) is 4.64. The summed E-state index contributed by atoms with van der Waals surface area (Å²) in [6, 6.07) is 7.95. The fourth-order valence-electron chi connectivity index (χ4n) is 3.42. The molecule has 0 radical (unpaired) electrons. The average molecular weight is 390 g/mol. The number of carbonyl (C=O) groups is 1. The summed E-state index contributed by atoms with van der Waals surface area (Å²) in [5.74, 6) is -1.55. The Hall–Kier alpha value is -2.30. The molecule has 28 heavy (non-hydrogen) atoms. The van der Waals surface area contributed by atoms with E-state index in [2.05, 4.69) is 26.8 Å². The van der Waals surface area contributed by atoms with Crippen LogP contribution < -0.4 is 4.74 Å². The minimum atomic E-state index is -4.94. The molecule has 1 aliphatic heterocycles. The van der Waals surface area contributed by atoms with Crippen LogP contribution in [0.25, 0.3) is 16.8 Å². The van der Waals surface area contributed by atoms with E-state index in [0.717, 1.165) is 22.1 Å². The number of ketones is 1. The van der Waals surface area contributed by atoms with Gasteiger partial charge in [-0.05, 0) is 39.5 Å². The number of ether oxygens (including phenoxy) is 1. The smallest absolute Gasteiger partial charge is 0.454 e. The maximum atomic E-state index is 12.9. The van der Waals surface area contributed by atoms with E-state index >= 15 is 0 Å². The summed E-state index contributed by atoms with van der Waals surface area (Å²) in [6.45, 7) is 12.5. The van der Waals surface area contributed by atoms with Gasteiger partial charge in [0.05, 0.1) is 0 Å². The minimum absolute atomic E-state index is 0.0679. The Labute approximate surface area is 163 Å². The highest BCUT2D eigenvalue weighted by molar-refractivity contribution is 5.97. The maximum absolute atomic E-state index is 12.9. The van der Waals surface area contributed by atoms with Crippen LogP contribution in [0, 0.1) is 0 Å². The van der Waals surface area contributed by atoms with Crippen LogP contribution in [0.5, 0.6) is 5.75 Å². The predicted octanol–water partition coefficient (Wildman–Crippen LogP) is 6.34. The molecule has 1 aliphatic rings. The van der Waals surface area contributed by atoms with Gasteiger partial charge in [-0.3, -0.25) is 4.79 Å². The third-order valence-electron chi connectivity index (χ3n) is 5.03. The fourth-order valence-corrected chi connectivity index (χ4v) is 3.42. The summed E-state index contributed by atoms with van der Waals surface area (Å²) >= 11 is 0. The van der Waals surface area contributed by atoms with E-state index in [1.54, 1.807) is 6.08 Å². The summed E-state index contributed by atoms with van der Waals surface area (Å²) in [5.41, 5.74) is 2.51. The standard InChI is InChI=1S/C23H25F3O2/c1-21(2,3)14-7-8-15-13(11-14)12-17(22(4,5)6)16-9-10-18(28-19(15)16)20(27)23(24,25)26/h7-12,18H,1-6H3. The third-order valence-corrected chi connectivity index (χ3v) is 5.03. The molecule has 2 nitrogen and oxygen atoms in total. The van der Waals surface area contributed by atoms with Gasteiger partial charge in [0.25, 0.3) is 5.78 Å². The van der Waals surface area contributed by atoms with Gasteiger partial charge in [-0.15, -0.1) is 0 Å². The highest BCUT2D eigenvalue weighted by Crippen LogP contribution is 2.43. The van der Waals surface area contributed by atoms with Gasteiger partial charge < -0.3 is 4.74 Å². The molecule has 0 amide bonds. The molecule has 2 aromatic rings. The van der Waals surface area contributed by atoms with Crippen molar-refractivity contribution in [2.75, 3.05) is 0 Å². The zero-order chi connectivity index (χ0) is 21.1. The van der Waals surface area contributed by atoms with Crippen molar-refractivity contribution in [2.24, 2.45) is 0 Å². The van der Waals surface area contributed by atoms with Crippen molar-refractivity contribution in [3.8, 4) is 5.75 Å². The molecule has 1 heterocycles. The second kappa shape index (κ2) is 6.36. The van der Waals surface area contributed by atoms with Crippen molar-refractivity contribution in [1.29, 1.82) is 0 Å². The lowest BCUT2D eigenvalue weighted by atomic mass is 9.80. The predicted molar refractivity (Wildman–Crippen MR) is 106 cm³/mol. The maximum Gasteiger partial charge on any atom is 0.454 e. The van der Waals surface area contributed by atoms with Crippen LogP contribution in [0.2, 0.25) is 0 Å². The number of hydrogen-bond donors (Lipinski definition) is 0. The Morgan fingerprint density at radius 1 is 0.964 bits per heavy atom. The van der Waals surface area contributed by atoms with Gasteiger partial charge in [0.15, 0.2) is 6.10 Å². The third kappa shape index (κ3) is 3.67. The first-order chi connectivity index (χ1) is 12.7. The second-order valence-electron chi connectivity index (χ2n) is 9.36. The van der Waals surface area contributed by atoms with Gasteiger partial charge in [0, 0.05) is 10.9 Å². The zero-order valence-corrected chi connectivity index (χ0v) is 17.0. The van der Waals surface area contributed by atoms with Crippen molar-refractivity contribution >= 4 is 22.6 Å². The molecular formula is C23H25F3O2. The fraction of sp³-hybridized carbons (Fsp3) is 0.435.